The van der Waals surface area contributed by atoms with Crippen molar-refractivity contribution < 1.29 is 9.47 Å². The number of hydrogen-bond donors (Lipinski definition) is 1. The van der Waals surface area contributed by atoms with Gasteiger partial charge in [0.2, 0.25) is 5.16 Å². The molecule has 0 spiro atoms. The molecule has 1 heterocycles. The van der Waals surface area contributed by atoms with Crippen molar-refractivity contribution in [1.29, 1.82) is 0 Å². The molecule has 0 saturated heterocycles. The monoisotopic (exact) mass is 467 g/mol. The van der Waals surface area contributed by atoms with E-state index in [4.69, 9.17) is 32.7 Å². The molecule has 2 aromatic carbocycles. The van der Waals surface area contributed by atoms with E-state index < -0.39 is 0 Å². The van der Waals surface area contributed by atoms with Gasteiger partial charge >= 0.3 is 0 Å². The van der Waals surface area contributed by atoms with Crippen molar-refractivity contribution in [2.45, 2.75) is 24.7 Å². The van der Waals surface area contributed by atoms with Crippen LogP contribution in [0.25, 0.3) is 0 Å². The number of aryl methyl sites for hydroxylation is 1. The van der Waals surface area contributed by atoms with Crippen molar-refractivity contribution in [1.82, 2.24) is 25.5 Å². The molecule has 0 saturated carbocycles. The van der Waals surface area contributed by atoms with Gasteiger partial charge in [-0.15, -0.1) is 5.10 Å². The molecule has 7 nitrogen and oxygen atoms in total. The fourth-order valence-electron chi connectivity index (χ4n) is 2.65. The van der Waals surface area contributed by atoms with Crippen molar-refractivity contribution in [3.8, 4) is 11.5 Å². The van der Waals surface area contributed by atoms with E-state index in [1.165, 1.54) is 0 Å². The second kappa shape index (κ2) is 11.4. The minimum atomic E-state index is 0.403. The number of hydrogen-bond acceptors (Lipinski definition) is 7. The molecule has 0 unspecified atom stereocenters. The number of rotatable bonds is 11. The number of methoxy groups -OCH3 is 1. The first kappa shape index (κ1) is 22.7. The second-order valence-electron chi connectivity index (χ2n) is 6.47. The van der Waals surface area contributed by atoms with E-state index >= 15 is 0 Å². The van der Waals surface area contributed by atoms with Crippen molar-refractivity contribution in [2.24, 2.45) is 7.05 Å². The van der Waals surface area contributed by atoms with Crippen LogP contribution in [0, 0.1) is 0 Å². The largest absolute Gasteiger partial charge is 0.493 e. The minimum Gasteiger partial charge on any atom is -0.493 e. The first-order valence-electron chi connectivity index (χ1n) is 9.36. The van der Waals surface area contributed by atoms with Gasteiger partial charge in [-0.2, -0.15) is 0 Å². The Morgan fingerprint density at radius 3 is 2.63 bits per heavy atom. The van der Waals surface area contributed by atoms with E-state index in [1.807, 2.05) is 37.4 Å². The molecular weight excluding hydrogens is 445 g/mol. The summed E-state index contributed by atoms with van der Waals surface area (Å²) in [5.41, 5.74) is 1.97. The Hall–Kier alpha value is -2.00. The molecule has 160 valence electrons. The lowest BCUT2D eigenvalue weighted by Crippen LogP contribution is -2.16. The van der Waals surface area contributed by atoms with Gasteiger partial charge in [0, 0.05) is 35.5 Å². The van der Waals surface area contributed by atoms with Gasteiger partial charge in [-0.1, -0.05) is 47.1 Å². The van der Waals surface area contributed by atoms with E-state index in [-0.39, 0.29) is 0 Å². The highest BCUT2D eigenvalue weighted by atomic mass is 35.5. The summed E-state index contributed by atoms with van der Waals surface area (Å²) in [4.78, 5) is 0. The Bertz CT molecular complexity index is 953. The van der Waals surface area contributed by atoms with Crippen molar-refractivity contribution in [2.75, 3.05) is 19.4 Å². The van der Waals surface area contributed by atoms with Gasteiger partial charge in [0.15, 0.2) is 11.5 Å². The van der Waals surface area contributed by atoms with Gasteiger partial charge < -0.3 is 14.8 Å². The Morgan fingerprint density at radius 1 is 1.13 bits per heavy atom. The number of nitrogens with one attached hydrogen (secondary N) is 1. The van der Waals surface area contributed by atoms with Gasteiger partial charge in [-0.05, 0) is 52.7 Å². The molecule has 0 aliphatic carbocycles. The molecule has 0 bridgehead atoms. The molecule has 0 aliphatic rings. The summed E-state index contributed by atoms with van der Waals surface area (Å²) in [6.07, 6.45) is 0.981. The summed E-state index contributed by atoms with van der Waals surface area (Å²) >= 11 is 14.0. The lowest BCUT2D eigenvalue weighted by Gasteiger charge is -2.14. The number of halogens is 2. The van der Waals surface area contributed by atoms with Crippen molar-refractivity contribution >= 4 is 35.0 Å². The van der Waals surface area contributed by atoms with Crippen LogP contribution < -0.4 is 14.8 Å². The predicted octanol–water partition coefficient (Wildman–Crippen LogP) is 4.38. The molecule has 0 atom stereocenters. The van der Waals surface area contributed by atoms with Gasteiger partial charge in [0.25, 0.3) is 0 Å². The van der Waals surface area contributed by atoms with Crippen LogP contribution in [-0.2, 0) is 20.2 Å². The third-order valence-electron chi connectivity index (χ3n) is 4.27. The molecule has 0 amide bonds. The first-order chi connectivity index (χ1) is 14.6. The summed E-state index contributed by atoms with van der Waals surface area (Å²) in [5, 5.41) is 16.9. The topological polar surface area (TPSA) is 74.1 Å². The van der Waals surface area contributed by atoms with Crippen LogP contribution in [0.15, 0.2) is 41.6 Å². The highest BCUT2D eigenvalue weighted by Gasteiger charge is 2.11. The maximum Gasteiger partial charge on any atom is 0.209 e. The summed E-state index contributed by atoms with van der Waals surface area (Å²) in [7, 11) is 3.45. The lowest BCUT2D eigenvalue weighted by molar-refractivity contribution is 0.284. The first-order valence-corrected chi connectivity index (χ1v) is 11.1. The highest BCUT2D eigenvalue weighted by Crippen LogP contribution is 2.34. The molecule has 3 aromatic rings. The fraction of sp³-hybridized carbons (Fsp3) is 0.350. The lowest BCUT2D eigenvalue weighted by atomic mass is 10.2. The molecule has 3 rings (SSSR count). The zero-order valence-corrected chi connectivity index (χ0v) is 19.1. The number of nitrogens with zero attached hydrogens (tertiary/aromatic N) is 4. The summed E-state index contributed by atoms with van der Waals surface area (Å²) in [6, 6.07) is 11.2. The Morgan fingerprint density at radius 2 is 1.93 bits per heavy atom. The van der Waals surface area contributed by atoms with E-state index in [2.05, 4.69) is 20.8 Å². The van der Waals surface area contributed by atoms with Gasteiger partial charge in [-0.25, -0.2) is 4.68 Å². The van der Waals surface area contributed by atoms with Crippen LogP contribution in [0.4, 0.5) is 0 Å². The van der Waals surface area contributed by atoms with Gasteiger partial charge in [-0.3, -0.25) is 0 Å². The quantitative estimate of drug-likeness (QED) is 0.331. The van der Waals surface area contributed by atoms with E-state index in [1.54, 1.807) is 29.6 Å². The molecular formula is C20H23Cl2N5O2S. The zero-order chi connectivity index (χ0) is 21.3. The predicted molar refractivity (Wildman–Crippen MR) is 120 cm³/mol. The Labute approximate surface area is 190 Å². The second-order valence-corrected chi connectivity index (χ2v) is 8.38. The van der Waals surface area contributed by atoms with Crippen LogP contribution in [-0.4, -0.2) is 39.6 Å². The van der Waals surface area contributed by atoms with Crippen LogP contribution in [0.3, 0.4) is 0 Å². The van der Waals surface area contributed by atoms with Gasteiger partial charge in [0.1, 0.15) is 6.61 Å². The number of benzene rings is 2. The standard InChI is InChI=1S/C20H23Cl2N5O2S/c1-27-20(24-25-26-27)30-9-3-8-23-12-15-10-18(28-2)19(11-17(15)22)29-13-14-4-6-16(21)7-5-14/h4-7,10-11,23H,3,8-9,12-13H2,1-2H3. The van der Waals surface area contributed by atoms with Crippen molar-refractivity contribution in [3.05, 3.63) is 57.6 Å². The summed E-state index contributed by atoms with van der Waals surface area (Å²) in [6.45, 7) is 1.90. The SMILES string of the molecule is COc1cc(CNCCCSc2nnnn2C)c(Cl)cc1OCc1ccc(Cl)cc1. The number of thioether (sulfide) groups is 1. The Balaban J connectivity index is 1.48. The smallest absolute Gasteiger partial charge is 0.209 e. The number of ether oxygens (including phenoxy) is 2. The third kappa shape index (κ3) is 6.50. The fourth-order valence-corrected chi connectivity index (χ4v) is 3.79. The average Bonchev–Trinajstić information content (AvgIpc) is 3.16. The molecule has 0 aliphatic heterocycles. The van der Waals surface area contributed by atoms with Crippen LogP contribution in [0.1, 0.15) is 17.5 Å². The summed E-state index contributed by atoms with van der Waals surface area (Å²) in [5.74, 6) is 2.18. The molecule has 1 N–H and O–H groups in total. The molecule has 30 heavy (non-hydrogen) atoms. The van der Waals surface area contributed by atoms with Gasteiger partial charge in [0.05, 0.1) is 7.11 Å². The third-order valence-corrected chi connectivity index (χ3v) is 5.97. The highest BCUT2D eigenvalue weighted by molar-refractivity contribution is 7.99. The van der Waals surface area contributed by atoms with Crippen LogP contribution in [0.5, 0.6) is 11.5 Å². The molecule has 1 aromatic heterocycles. The number of tetrazole rings is 1. The van der Waals surface area contributed by atoms with E-state index in [9.17, 15) is 0 Å². The van der Waals surface area contributed by atoms with Crippen LogP contribution >= 0.6 is 35.0 Å². The van der Waals surface area contributed by atoms with E-state index in [0.29, 0.717) is 34.7 Å². The molecule has 0 radical (unpaired) electrons. The molecule has 0 fully saturated rings. The maximum atomic E-state index is 6.46. The average molecular weight is 468 g/mol. The Kier molecular flexibility index (Phi) is 8.62. The summed E-state index contributed by atoms with van der Waals surface area (Å²) < 4.78 is 13.1. The van der Waals surface area contributed by atoms with Crippen LogP contribution in [0.2, 0.25) is 10.0 Å². The normalized spacial score (nSPS) is 10.9. The number of aromatic nitrogens is 4. The van der Waals surface area contributed by atoms with E-state index in [0.717, 1.165) is 35.0 Å². The maximum absolute atomic E-state index is 6.46. The van der Waals surface area contributed by atoms with Crippen molar-refractivity contribution in [3.63, 3.8) is 0 Å². The molecule has 10 heteroatoms. The minimum absolute atomic E-state index is 0.403. The zero-order valence-electron chi connectivity index (χ0n) is 16.8.